The molecular formula is C19H20N2O4. The molecule has 0 spiro atoms. The van der Waals surface area contributed by atoms with Crippen molar-refractivity contribution in [3.05, 3.63) is 65.7 Å². The number of methoxy groups -OCH3 is 1. The van der Waals surface area contributed by atoms with E-state index in [1.54, 1.807) is 30.3 Å². The molecule has 2 aromatic rings. The molecule has 0 aromatic heterocycles. The molecule has 0 aliphatic rings. The van der Waals surface area contributed by atoms with Gasteiger partial charge in [0.1, 0.15) is 11.5 Å². The molecule has 6 nitrogen and oxygen atoms in total. The number of carbonyl (C=O) groups is 2. The zero-order valence-corrected chi connectivity index (χ0v) is 14.1. The summed E-state index contributed by atoms with van der Waals surface area (Å²) in [6, 6.07) is 14.1. The Labute approximate surface area is 146 Å². The van der Waals surface area contributed by atoms with Gasteiger partial charge in [-0.15, -0.1) is 0 Å². The minimum absolute atomic E-state index is 0.334. The average Bonchev–Trinajstić information content (AvgIpc) is 2.65. The summed E-state index contributed by atoms with van der Waals surface area (Å²) >= 11 is 0. The number of nitrogens with one attached hydrogen (secondary N) is 2. The van der Waals surface area contributed by atoms with Crippen LogP contribution in [0.25, 0.3) is 6.08 Å². The van der Waals surface area contributed by atoms with Crippen molar-refractivity contribution in [3.8, 4) is 11.5 Å². The summed E-state index contributed by atoms with van der Waals surface area (Å²) in [5.41, 5.74) is 5.85. The summed E-state index contributed by atoms with van der Waals surface area (Å²) < 4.78 is 10.5. The molecule has 2 amide bonds. The molecule has 0 saturated heterocycles. The molecule has 2 N–H and O–H groups in total. The average molecular weight is 340 g/mol. The van der Waals surface area contributed by atoms with Crippen molar-refractivity contribution in [2.75, 3.05) is 13.7 Å². The van der Waals surface area contributed by atoms with E-state index in [9.17, 15) is 9.59 Å². The Morgan fingerprint density at radius 2 is 1.76 bits per heavy atom. The molecule has 0 saturated carbocycles. The summed E-state index contributed by atoms with van der Waals surface area (Å²) in [6.07, 6.45) is 2.97. The first-order chi connectivity index (χ1) is 12.1. The molecule has 25 heavy (non-hydrogen) atoms. The van der Waals surface area contributed by atoms with Crippen molar-refractivity contribution >= 4 is 17.9 Å². The third-order valence-corrected chi connectivity index (χ3v) is 3.27. The minimum Gasteiger partial charge on any atom is -0.496 e. The maximum atomic E-state index is 12.1. The molecule has 0 unspecified atom stereocenters. The van der Waals surface area contributed by atoms with Gasteiger partial charge in [0.05, 0.1) is 19.3 Å². The van der Waals surface area contributed by atoms with Crippen LogP contribution in [0.5, 0.6) is 11.5 Å². The predicted molar refractivity (Wildman–Crippen MR) is 95.2 cm³/mol. The molecule has 0 aliphatic heterocycles. The SMILES string of the molecule is CCOc1ccc(/C=C/C(=O)NNC(=O)c2ccccc2OC)cc1. The van der Waals surface area contributed by atoms with Gasteiger partial charge in [0.2, 0.25) is 0 Å². The van der Waals surface area contributed by atoms with E-state index in [2.05, 4.69) is 10.9 Å². The van der Waals surface area contributed by atoms with Crippen molar-refractivity contribution in [2.45, 2.75) is 6.92 Å². The van der Waals surface area contributed by atoms with Gasteiger partial charge in [0, 0.05) is 6.08 Å². The Morgan fingerprint density at radius 3 is 2.44 bits per heavy atom. The lowest BCUT2D eigenvalue weighted by molar-refractivity contribution is -0.117. The summed E-state index contributed by atoms with van der Waals surface area (Å²) in [7, 11) is 1.48. The first-order valence-corrected chi connectivity index (χ1v) is 7.78. The minimum atomic E-state index is -0.458. The Bertz CT molecular complexity index is 754. The highest BCUT2D eigenvalue weighted by Gasteiger charge is 2.11. The number of hydrazine groups is 1. The molecule has 0 radical (unpaired) electrons. The molecule has 0 fully saturated rings. The fourth-order valence-electron chi connectivity index (χ4n) is 2.07. The number of carbonyl (C=O) groups excluding carboxylic acids is 2. The van der Waals surface area contributed by atoms with Crippen LogP contribution >= 0.6 is 0 Å². The third-order valence-electron chi connectivity index (χ3n) is 3.27. The highest BCUT2D eigenvalue weighted by Crippen LogP contribution is 2.16. The van der Waals surface area contributed by atoms with Crippen molar-refractivity contribution in [1.82, 2.24) is 10.9 Å². The van der Waals surface area contributed by atoms with E-state index in [1.807, 2.05) is 31.2 Å². The van der Waals surface area contributed by atoms with Gasteiger partial charge >= 0.3 is 0 Å². The maximum Gasteiger partial charge on any atom is 0.273 e. The second kappa shape index (κ2) is 9.12. The molecular weight excluding hydrogens is 320 g/mol. The van der Waals surface area contributed by atoms with Crippen LogP contribution in [0.4, 0.5) is 0 Å². The van der Waals surface area contributed by atoms with E-state index in [1.165, 1.54) is 13.2 Å². The van der Waals surface area contributed by atoms with Gasteiger partial charge in [-0.25, -0.2) is 0 Å². The normalized spacial score (nSPS) is 10.3. The van der Waals surface area contributed by atoms with Gasteiger partial charge in [-0.05, 0) is 42.8 Å². The van der Waals surface area contributed by atoms with Crippen molar-refractivity contribution < 1.29 is 19.1 Å². The van der Waals surface area contributed by atoms with Gasteiger partial charge in [0.15, 0.2) is 0 Å². The Balaban J connectivity index is 1.88. The quantitative estimate of drug-likeness (QED) is 0.626. The molecule has 6 heteroatoms. The van der Waals surface area contributed by atoms with Crippen molar-refractivity contribution in [3.63, 3.8) is 0 Å². The van der Waals surface area contributed by atoms with E-state index < -0.39 is 11.8 Å². The Hall–Kier alpha value is -3.28. The fraction of sp³-hybridized carbons (Fsp3) is 0.158. The number of hydrogen-bond donors (Lipinski definition) is 2. The number of rotatable bonds is 6. The van der Waals surface area contributed by atoms with E-state index >= 15 is 0 Å². The van der Waals surface area contributed by atoms with Crippen LogP contribution in [-0.4, -0.2) is 25.5 Å². The van der Waals surface area contributed by atoms with E-state index in [0.29, 0.717) is 17.9 Å². The molecule has 2 rings (SSSR count). The van der Waals surface area contributed by atoms with Gasteiger partial charge in [-0.3, -0.25) is 20.4 Å². The molecule has 0 bridgehead atoms. The highest BCUT2D eigenvalue weighted by atomic mass is 16.5. The molecule has 0 heterocycles. The van der Waals surface area contributed by atoms with E-state index in [4.69, 9.17) is 9.47 Å². The number of amides is 2. The monoisotopic (exact) mass is 340 g/mol. The summed E-state index contributed by atoms with van der Waals surface area (Å²) in [4.78, 5) is 23.9. The summed E-state index contributed by atoms with van der Waals surface area (Å²) in [6.45, 7) is 2.51. The zero-order valence-electron chi connectivity index (χ0n) is 14.1. The van der Waals surface area contributed by atoms with Gasteiger partial charge < -0.3 is 9.47 Å². The standard InChI is InChI=1S/C19H20N2O4/c1-3-25-15-11-8-14(9-12-15)10-13-18(22)20-21-19(23)16-6-4-5-7-17(16)24-2/h4-13H,3H2,1-2H3,(H,20,22)(H,21,23)/b13-10+. The Morgan fingerprint density at radius 1 is 1.04 bits per heavy atom. The molecule has 0 aliphatic carbocycles. The fourth-order valence-corrected chi connectivity index (χ4v) is 2.07. The Kier molecular flexibility index (Phi) is 6.59. The van der Waals surface area contributed by atoms with E-state index in [-0.39, 0.29) is 0 Å². The lowest BCUT2D eigenvalue weighted by Gasteiger charge is -2.09. The van der Waals surface area contributed by atoms with Crippen LogP contribution in [0.1, 0.15) is 22.8 Å². The first-order valence-electron chi connectivity index (χ1n) is 7.78. The van der Waals surface area contributed by atoms with Crippen LogP contribution in [0, 0.1) is 0 Å². The van der Waals surface area contributed by atoms with E-state index in [0.717, 1.165) is 11.3 Å². The second-order valence-corrected chi connectivity index (χ2v) is 4.98. The largest absolute Gasteiger partial charge is 0.496 e. The van der Waals surface area contributed by atoms with Crippen molar-refractivity contribution in [1.29, 1.82) is 0 Å². The number of ether oxygens (including phenoxy) is 2. The first kappa shape index (κ1) is 18.1. The maximum absolute atomic E-state index is 12.1. The van der Waals surface area contributed by atoms with Crippen LogP contribution in [0.2, 0.25) is 0 Å². The molecule has 130 valence electrons. The van der Waals surface area contributed by atoms with Crippen LogP contribution < -0.4 is 20.3 Å². The number of benzene rings is 2. The predicted octanol–water partition coefficient (Wildman–Crippen LogP) is 2.57. The number of hydrogen-bond acceptors (Lipinski definition) is 4. The second-order valence-electron chi connectivity index (χ2n) is 4.98. The summed E-state index contributed by atoms with van der Waals surface area (Å²) in [5, 5.41) is 0. The van der Waals surface area contributed by atoms with Crippen LogP contribution in [0.3, 0.4) is 0 Å². The number of para-hydroxylation sites is 1. The lowest BCUT2D eigenvalue weighted by Crippen LogP contribution is -2.40. The van der Waals surface area contributed by atoms with Crippen molar-refractivity contribution in [2.24, 2.45) is 0 Å². The molecule has 2 aromatic carbocycles. The smallest absolute Gasteiger partial charge is 0.273 e. The highest BCUT2D eigenvalue weighted by molar-refractivity contribution is 5.99. The van der Waals surface area contributed by atoms with Gasteiger partial charge in [-0.1, -0.05) is 24.3 Å². The topological polar surface area (TPSA) is 76.7 Å². The third kappa shape index (κ3) is 5.39. The van der Waals surface area contributed by atoms with Gasteiger partial charge in [-0.2, -0.15) is 0 Å². The molecule has 0 atom stereocenters. The summed E-state index contributed by atoms with van der Waals surface area (Å²) in [5.74, 6) is 0.296. The zero-order chi connectivity index (χ0) is 18.1. The lowest BCUT2D eigenvalue weighted by atomic mass is 10.2. The van der Waals surface area contributed by atoms with Crippen LogP contribution in [-0.2, 0) is 4.79 Å². The van der Waals surface area contributed by atoms with Crippen LogP contribution in [0.15, 0.2) is 54.6 Å². The van der Waals surface area contributed by atoms with Gasteiger partial charge in [0.25, 0.3) is 11.8 Å².